The van der Waals surface area contributed by atoms with E-state index in [1.807, 2.05) is 13.8 Å². The Labute approximate surface area is 116 Å². The molecule has 0 fully saturated rings. The molecule has 1 rings (SSSR count). The van der Waals surface area contributed by atoms with Gasteiger partial charge in [-0.3, -0.25) is 4.79 Å². The van der Waals surface area contributed by atoms with Crippen LogP contribution in [0.5, 0.6) is 0 Å². The van der Waals surface area contributed by atoms with Gasteiger partial charge in [0, 0.05) is 6.20 Å². The van der Waals surface area contributed by atoms with Crippen LogP contribution in [0.4, 0.5) is 0 Å². The first-order valence-corrected chi connectivity index (χ1v) is 6.28. The van der Waals surface area contributed by atoms with Crippen LogP contribution in [0.25, 0.3) is 0 Å². The quantitative estimate of drug-likeness (QED) is 0.864. The van der Waals surface area contributed by atoms with Crippen molar-refractivity contribution in [3.8, 4) is 6.07 Å². The molecule has 0 aliphatic rings. The molecule has 6 heteroatoms. The molecule has 0 spiro atoms. The van der Waals surface area contributed by atoms with Crippen LogP contribution < -0.4 is 5.32 Å². The van der Waals surface area contributed by atoms with Crippen LogP contribution in [0.3, 0.4) is 0 Å². The summed E-state index contributed by atoms with van der Waals surface area (Å²) in [5, 5.41) is 12.2. The van der Waals surface area contributed by atoms with E-state index in [-0.39, 0.29) is 15.7 Å². The average molecular weight is 286 g/mol. The van der Waals surface area contributed by atoms with Crippen molar-refractivity contribution in [3.05, 3.63) is 28.0 Å². The van der Waals surface area contributed by atoms with Gasteiger partial charge in [0.25, 0.3) is 5.91 Å². The number of amides is 1. The van der Waals surface area contributed by atoms with Crippen molar-refractivity contribution in [3.63, 3.8) is 0 Å². The average Bonchev–Trinajstić information content (AvgIpc) is 2.38. The molecule has 0 unspecified atom stereocenters. The van der Waals surface area contributed by atoms with E-state index in [1.165, 1.54) is 12.3 Å². The first-order chi connectivity index (χ1) is 8.48. The number of carbonyl (C=O) groups excluding carboxylic acids is 1. The Bertz CT molecular complexity index is 493. The maximum atomic E-state index is 12.1. The maximum absolute atomic E-state index is 12.1. The van der Waals surface area contributed by atoms with E-state index >= 15 is 0 Å². The van der Waals surface area contributed by atoms with Gasteiger partial charge in [0.15, 0.2) is 0 Å². The highest BCUT2D eigenvalue weighted by molar-refractivity contribution is 6.35. The minimum Gasteiger partial charge on any atom is -0.334 e. The molecule has 1 amide bonds. The van der Waals surface area contributed by atoms with Crippen molar-refractivity contribution in [2.45, 2.75) is 32.2 Å². The molecule has 4 nitrogen and oxygen atoms in total. The molecule has 0 radical (unpaired) electrons. The highest BCUT2D eigenvalue weighted by atomic mass is 35.5. The summed E-state index contributed by atoms with van der Waals surface area (Å²) in [6, 6.07) is 3.51. The van der Waals surface area contributed by atoms with Crippen LogP contribution >= 0.6 is 23.2 Å². The fourth-order valence-electron chi connectivity index (χ4n) is 1.48. The molecule has 0 saturated heterocycles. The van der Waals surface area contributed by atoms with Gasteiger partial charge in [-0.15, -0.1) is 0 Å². The highest BCUT2D eigenvalue weighted by Gasteiger charge is 2.28. The van der Waals surface area contributed by atoms with Crippen molar-refractivity contribution in [1.29, 1.82) is 5.26 Å². The molecule has 96 valence electrons. The first-order valence-electron chi connectivity index (χ1n) is 5.52. The second-order valence-corrected chi connectivity index (χ2v) is 4.64. The number of nitrogens with zero attached hydrogens (tertiary/aromatic N) is 2. The molecule has 0 atom stereocenters. The van der Waals surface area contributed by atoms with Crippen LogP contribution in [0.15, 0.2) is 12.3 Å². The fourth-order valence-corrected chi connectivity index (χ4v) is 1.83. The summed E-state index contributed by atoms with van der Waals surface area (Å²) in [6.07, 6.45) is 2.34. The molecule has 0 aliphatic heterocycles. The second-order valence-electron chi connectivity index (χ2n) is 3.84. The summed E-state index contributed by atoms with van der Waals surface area (Å²) in [5.41, 5.74) is -0.658. The zero-order valence-corrected chi connectivity index (χ0v) is 11.6. The van der Waals surface area contributed by atoms with E-state index in [4.69, 9.17) is 28.5 Å². The lowest BCUT2D eigenvalue weighted by Gasteiger charge is -2.25. The number of nitrogens with one attached hydrogen (secondary N) is 1. The third-order valence-corrected chi connectivity index (χ3v) is 3.35. The largest absolute Gasteiger partial charge is 0.334 e. The lowest BCUT2D eigenvalue weighted by Crippen LogP contribution is -2.46. The van der Waals surface area contributed by atoms with Crippen molar-refractivity contribution in [1.82, 2.24) is 10.3 Å². The van der Waals surface area contributed by atoms with E-state index < -0.39 is 11.4 Å². The number of pyridine rings is 1. The summed E-state index contributed by atoms with van der Waals surface area (Å²) in [5.74, 6) is -0.422. The lowest BCUT2D eigenvalue weighted by molar-refractivity contribution is 0.0915. The SMILES string of the molecule is CCC(C#N)(CC)NC(=O)c1cc(Cl)ncc1Cl. The predicted octanol–water partition coefficient (Wildman–Crippen LogP) is 3.20. The van der Waals surface area contributed by atoms with Gasteiger partial charge in [0.2, 0.25) is 0 Å². The maximum Gasteiger partial charge on any atom is 0.254 e. The van der Waals surface area contributed by atoms with Gasteiger partial charge in [-0.05, 0) is 18.9 Å². The van der Waals surface area contributed by atoms with Crippen LogP contribution in [-0.4, -0.2) is 16.4 Å². The van der Waals surface area contributed by atoms with Gasteiger partial charge in [-0.2, -0.15) is 5.26 Å². The molecule has 18 heavy (non-hydrogen) atoms. The van der Waals surface area contributed by atoms with E-state index in [1.54, 1.807) is 0 Å². The number of halogens is 2. The van der Waals surface area contributed by atoms with Crippen LogP contribution in [0.2, 0.25) is 10.2 Å². The predicted molar refractivity (Wildman–Crippen MR) is 70.6 cm³/mol. The van der Waals surface area contributed by atoms with E-state index in [0.717, 1.165) is 0 Å². The minimum absolute atomic E-state index is 0.181. The molecule has 1 aromatic rings. The van der Waals surface area contributed by atoms with Gasteiger partial charge in [-0.25, -0.2) is 4.98 Å². The molecule has 0 aromatic carbocycles. The summed E-state index contributed by atoms with van der Waals surface area (Å²) < 4.78 is 0. The molecule has 0 saturated carbocycles. The summed E-state index contributed by atoms with van der Waals surface area (Å²) >= 11 is 11.6. The number of hydrogen-bond donors (Lipinski definition) is 1. The molecule has 0 bridgehead atoms. The second kappa shape index (κ2) is 6.03. The Hall–Kier alpha value is -1.31. The van der Waals surface area contributed by atoms with Gasteiger partial charge >= 0.3 is 0 Å². The zero-order valence-electron chi connectivity index (χ0n) is 10.1. The normalized spacial score (nSPS) is 10.8. The highest BCUT2D eigenvalue weighted by Crippen LogP contribution is 2.20. The standard InChI is InChI=1S/C12H13Cl2N3O/c1-3-12(4-2,7-15)17-11(18)8-5-10(14)16-6-9(8)13/h5-6H,3-4H2,1-2H3,(H,17,18). The van der Waals surface area contributed by atoms with Gasteiger partial charge in [0.05, 0.1) is 16.7 Å². The van der Waals surface area contributed by atoms with Gasteiger partial charge < -0.3 is 5.32 Å². The van der Waals surface area contributed by atoms with Crippen LogP contribution in [0.1, 0.15) is 37.0 Å². The van der Waals surface area contributed by atoms with Gasteiger partial charge in [0.1, 0.15) is 10.7 Å². The van der Waals surface area contributed by atoms with Crippen molar-refractivity contribution in [2.24, 2.45) is 0 Å². The monoisotopic (exact) mass is 285 g/mol. The first kappa shape index (κ1) is 14.7. The molecule has 1 aromatic heterocycles. The topological polar surface area (TPSA) is 65.8 Å². The minimum atomic E-state index is -0.879. The fraction of sp³-hybridized carbons (Fsp3) is 0.417. The van der Waals surface area contributed by atoms with E-state index in [2.05, 4.69) is 16.4 Å². The van der Waals surface area contributed by atoms with Crippen LogP contribution in [-0.2, 0) is 0 Å². The Morgan fingerprint density at radius 3 is 2.61 bits per heavy atom. The van der Waals surface area contributed by atoms with Gasteiger partial charge in [-0.1, -0.05) is 37.0 Å². The van der Waals surface area contributed by atoms with E-state index in [0.29, 0.717) is 12.8 Å². The summed E-state index contributed by atoms with van der Waals surface area (Å²) in [4.78, 5) is 15.8. The Morgan fingerprint density at radius 1 is 1.50 bits per heavy atom. The zero-order chi connectivity index (χ0) is 13.8. The summed E-state index contributed by atoms with van der Waals surface area (Å²) in [6.45, 7) is 3.68. The Morgan fingerprint density at radius 2 is 2.11 bits per heavy atom. The number of hydrogen-bond acceptors (Lipinski definition) is 3. The summed E-state index contributed by atoms with van der Waals surface area (Å²) in [7, 11) is 0. The number of carbonyl (C=O) groups is 1. The van der Waals surface area contributed by atoms with Crippen LogP contribution in [0, 0.1) is 11.3 Å². The molecule has 1 heterocycles. The molecule has 0 aliphatic carbocycles. The smallest absolute Gasteiger partial charge is 0.254 e. The third-order valence-electron chi connectivity index (χ3n) is 2.84. The number of aromatic nitrogens is 1. The lowest BCUT2D eigenvalue weighted by atomic mass is 9.94. The Kier molecular flexibility index (Phi) is 4.94. The third kappa shape index (κ3) is 3.12. The molecule has 1 N–H and O–H groups in total. The van der Waals surface area contributed by atoms with Crippen molar-refractivity contribution < 1.29 is 4.79 Å². The Balaban J connectivity index is 3.02. The van der Waals surface area contributed by atoms with E-state index in [9.17, 15) is 4.79 Å². The van der Waals surface area contributed by atoms with Crippen molar-refractivity contribution in [2.75, 3.05) is 0 Å². The van der Waals surface area contributed by atoms with Crippen molar-refractivity contribution >= 4 is 29.1 Å². The number of nitriles is 1. The molecular weight excluding hydrogens is 273 g/mol. The molecular formula is C12H13Cl2N3O. The number of rotatable bonds is 4.